The van der Waals surface area contributed by atoms with Crippen LogP contribution in [-0.2, 0) is 13.1 Å². The van der Waals surface area contributed by atoms with Gasteiger partial charge in [0.05, 0.1) is 0 Å². The minimum absolute atomic E-state index is 0.194. The van der Waals surface area contributed by atoms with E-state index in [-0.39, 0.29) is 13.1 Å². The van der Waals surface area contributed by atoms with Crippen LogP contribution in [0.3, 0.4) is 0 Å². The summed E-state index contributed by atoms with van der Waals surface area (Å²) >= 11 is 0.194. The first-order valence-electron chi connectivity index (χ1n) is 10.4. The zero-order valence-electron chi connectivity index (χ0n) is 19.1. The fraction of sp³-hybridized carbons (Fsp3) is 0.900. The van der Waals surface area contributed by atoms with E-state index in [9.17, 15) is 0 Å². The van der Waals surface area contributed by atoms with Crippen molar-refractivity contribution >= 4 is 51.9 Å². The molecule has 0 saturated heterocycles. The molecule has 0 rings (SSSR count). The maximum atomic E-state index is 4.76. The summed E-state index contributed by atoms with van der Waals surface area (Å²) in [6.07, 6.45) is 19.3. The van der Waals surface area contributed by atoms with Crippen LogP contribution in [0.25, 0.3) is 0 Å². The molecule has 27 heavy (non-hydrogen) atoms. The van der Waals surface area contributed by atoms with Crippen LogP contribution in [0.15, 0.2) is 0 Å². The topological polar surface area (TPSA) is 0 Å². The molecule has 0 unspecified atom stereocenters. The van der Waals surface area contributed by atoms with Crippen LogP contribution >= 0.6 is 51.9 Å². The van der Waals surface area contributed by atoms with Crippen LogP contribution in [-0.4, -0.2) is 61.6 Å². The summed E-state index contributed by atoms with van der Waals surface area (Å²) in [5, 5.41) is 0. The molecule has 0 saturated carbocycles. The van der Waals surface area contributed by atoms with Crippen molar-refractivity contribution in [3.63, 3.8) is 0 Å². The molecule has 0 aliphatic heterocycles. The molecule has 0 aromatic rings. The molecule has 0 bridgehead atoms. The Morgan fingerprint density at radius 3 is 0.889 bits per heavy atom. The predicted octanol–water partition coefficient (Wildman–Crippen LogP) is 9.76. The molecular weight excluding hydrogens is 491 g/mol. The van der Waals surface area contributed by atoms with Crippen LogP contribution < -0.4 is 0 Å². The first-order chi connectivity index (χ1) is 13.0. The average molecular weight is 537 g/mol. The summed E-state index contributed by atoms with van der Waals surface area (Å²) in [5.74, 6) is 0. The van der Waals surface area contributed by atoms with Crippen LogP contribution in [0.2, 0.25) is 0 Å². The predicted molar refractivity (Wildman–Crippen MR) is 142 cm³/mol. The van der Waals surface area contributed by atoms with Gasteiger partial charge in [0.1, 0.15) is 0 Å². The number of hydrogen-bond acceptors (Lipinski definition) is 0. The molecule has 7 heteroatoms. The molecule has 170 valence electrons. The van der Waals surface area contributed by atoms with Gasteiger partial charge in [-0.3, -0.25) is 28.2 Å². The monoisotopic (exact) mass is 536 g/mol. The second-order valence-corrected chi connectivity index (χ2v) is 19.2. The Labute approximate surface area is 193 Å². The molecule has 0 nitrogen and oxygen atoms in total. The van der Waals surface area contributed by atoms with E-state index < -0.39 is 0 Å². The molecule has 0 amide bonds. The Morgan fingerprint density at radius 1 is 0.519 bits per heavy atom. The van der Waals surface area contributed by atoms with Gasteiger partial charge in [0.2, 0.25) is 0 Å². The average Bonchev–Trinajstić information content (AvgIpc) is 2.70. The quantitative estimate of drug-likeness (QED) is 0.118. The maximum absolute atomic E-state index is 4.76. The first kappa shape index (κ1) is 34.4. The molecule has 0 spiro atoms. The molecule has 0 fully saturated rings. The van der Waals surface area contributed by atoms with E-state index in [0.29, 0.717) is 31.7 Å². The van der Waals surface area contributed by atoms with E-state index >= 15 is 0 Å². The second-order valence-electron chi connectivity index (χ2n) is 5.83. The van der Waals surface area contributed by atoms with E-state index in [0.717, 1.165) is 0 Å². The van der Waals surface area contributed by atoms with Crippen molar-refractivity contribution in [1.82, 2.24) is 0 Å². The molecule has 0 aromatic carbocycles. The number of rotatable bonds is 14. The van der Waals surface area contributed by atoms with E-state index in [1.165, 1.54) is 61.6 Å². The fourth-order valence-corrected chi connectivity index (χ4v) is 9.94. The van der Waals surface area contributed by atoms with E-state index in [1.54, 1.807) is 0 Å². The Balaban J connectivity index is -0.000000372. The number of hydrogen-bond donors (Lipinski definition) is 0. The normalized spacial score (nSPS) is 11.0. The van der Waals surface area contributed by atoms with Crippen LogP contribution in [0.1, 0.15) is 55.4 Å². The molecule has 0 aliphatic carbocycles. The van der Waals surface area contributed by atoms with Gasteiger partial charge in [-0.25, -0.2) is 0 Å². The van der Waals surface area contributed by atoms with Gasteiger partial charge < -0.3 is 0 Å². The molecular formula is C20H46Cl2FeP4-2. The van der Waals surface area contributed by atoms with Gasteiger partial charge in [0.25, 0.3) is 0 Å². The Kier molecular flexibility index (Phi) is 36.8. The summed E-state index contributed by atoms with van der Waals surface area (Å²) in [6.45, 7) is 18.6. The molecule has 0 radical (unpaired) electrons. The third-order valence-corrected chi connectivity index (χ3v) is 14.8. The molecule has 0 heterocycles. The first-order valence-corrected chi connectivity index (χ1v) is 20.8. The van der Waals surface area contributed by atoms with Crippen molar-refractivity contribution in [2.24, 2.45) is 0 Å². The second kappa shape index (κ2) is 28.8. The van der Waals surface area contributed by atoms with Gasteiger partial charge in [-0.2, -0.15) is 12.3 Å². The minimum atomic E-state index is 0.194. The van der Waals surface area contributed by atoms with Crippen LogP contribution in [0.5, 0.6) is 0 Å². The standard InChI is InChI=1S/2C10H23P2.2ClH.Fe/c2*1-5-11(6-2)9-10-12(7-3)8-4;;;/h2*9H,5-8,10H2,1-4H3;2*1H;/q2*-1;;;+2/p-2. The summed E-state index contributed by atoms with van der Waals surface area (Å²) < 4.78 is 0. The molecule has 0 aromatic heterocycles. The van der Waals surface area contributed by atoms with Crippen molar-refractivity contribution in [1.29, 1.82) is 0 Å². The zero-order valence-corrected chi connectivity index (χ0v) is 25.3. The van der Waals surface area contributed by atoms with E-state index in [2.05, 4.69) is 67.7 Å². The van der Waals surface area contributed by atoms with Crippen LogP contribution in [0.4, 0.5) is 0 Å². The summed E-state index contributed by atoms with van der Waals surface area (Å²) in [7, 11) is 10.8. The van der Waals surface area contributed by atoms with Crippen molar-refractivity contribution in [3.05, 3.63) is 12.3 Å². The SMILES string of the molecule is CCP([CH-]CP(CC)CC)CC.CCP([CH-]CP(CC)CC)CC.[Cl][Fe][Cl]. The number of halogens is 2. The summed E-state index contributed by atoms with van der Waals surface area (Å²) in [4.78, 5) is 0. The zero-order chi connectivity index (χ0) is 21.5. The van der Waals surface area contributed by atoms with Crippen molar-refractivity contribution in [2.45, 2.75) is 55.4 Å². The van der Waals surface area contributed by atoms with Crippen molar-refractivity contribution in [2.75, 3.05) is 61.6 Å². The third-order valence-electron chi connectivity index (χ3n) is 4.61. The summed E-state index contributed by atoms with van der Waals surface area (Å²) in [6, 6.07) is 0. The van der Waals surface area contributed by atoms with Gasteiger partial charge in [-0.1, -0.05) is 80.0 Å². The van der Waals surface area contributed by atoms with Crippen molar-refractivity contribution in [3.8, 4) is 0 Å². The van der Waals surface area contributed by atoms with E-state index in [1.807, 2.05) is 0 Å². The van der Waals surface area contributed by atoms with Gasteiger partial charge in [-0.05, 0) is 24.6 Å². The third kappa shape index (κ3) is 25.0. The fourth-order valence-electron chi connectivity index (χ4n) is 2.39. The molecule has 0 atom stereocenters. The van der Waals surface area contributed by atoms with Crippen molar-refractivity contribution < 1.29 is 13.1 Å². The van der Waals surface area contributed by atoms with Crippen LogP contribution in [0, 0.1) is 12.3 Å². The van der Waals surface area contributed by atoms with E-state index in [4.69, 9.17) is 20.2 Å². The Morgan fingerprint density at radius 2 is 0.741 bits per heavy atom. The van der Waals surface area contributed by atoms with Gasteiger partial charge in [0, 0.05) is 0 Å². The molecule has 0 N–H and O–H groups in total. The Bertz CT molecular complexity index is 200. The van der Waals surface area contributed by atoms with Gasteiger partial charge in [-0.15, -0.1) is 15.8 Å². The molecule has 0 aliphatic rings. The van der Waals surface area contributed by atoms with Gasteiger partial charge in [0.15, 0.2) is 0 Å². The summed E-state index contributed by atoms with van der Waals surface area (Å²) in [5.41, 5.74) is 0. The van der Waals surface area contributed by atoms with Gasteiger partial charge >= 0.3 is 33.3 Å². The Hall–Kier alpha value is 2.82.